The van der Waals surface area contributed by atoms with Crippen molar-refractivity contribution in [1.29, 1.82) is 0 Å². The van der Waals surface area contributed by atoms with E-state index in [2.05, 4.69) is 10.3 Å². The average molecular weight is 300 g/mol. The first kappa shape index (κ1) is 14.4. The van der Waals surface area contributed by atoms with Crippen molar-refractivity contribution in [2.75, 3.05) is 13.1 Å². The molecule has 0 aliphatic carbocycles. The lowest BCUT2D eigenvalue weighted by Gasteiger charge is -2.23. The quantitative estimate of drug-likeness (QED) is 0.856. The Morgan fingerprint density at radius 1 is 1.32 bits per heavy atom. The first-order valence-corrected chi connectivity index (χ1v) is 7.19. The van der Waals surface area contributed by atoms with E-state index in [0.717, 1.165) is 11.3 Å². The van der Waals surface area contributed by atoms with E-state index in [0.29, 0.717) is 18.7 Å². The van der Waals surface area contributed by atoms with Crippen molar-refractivity contribution >= 4 is 5.91 Å². The number of hydrogen-bond donors (Lipinski definition) is 0. The minimum atomic E-state index is -0.278. The largest absolute Gasteiger partial charge is 0.330 e. The van der Waals surface area contributed by atoms with Crippen molar-refractivity contribution in [3.63, 3.8) is 0 Å². The average Bonchev–Trinajstić information content (AvgIpc) is 2.88. The molecule has 0 saturated heterocycles. The van der Waals surface area contributed by atoms with E-state index < -0.39 is 0 Å². The number of carbonyl (C=O) groups excluding carboxylic acids is 1. The fourth-order valence-electron chi connectivity index (χ4n) is 2.56. The summed E-state index contributed by atoms with van der Waals surface area (Å²) in [6, 6.07) is 7.80. The highest BCUT2D eigenvalue weighted by Gasteiger charge is 2.25. The van der Waals surface area contributed by atoms with Gasteiger partial charge >= 0.3 is 0 Å². The zero-order valence-electron chi connectivity index (χ0n) is 12.6. The summed E-state index contributed by atoms with van der Waals surface area (Å²) in [6.07, 6.45) is 2.04. The van der Waals surface area contributed by atoms with Gasteiger partial charge in [0.15, 0.2) is 5.69 Å². The second-order valence-electron chi connectivity index (χ2n) is 5.44. The normalized spacial score (nSPS) is 14.9. The topological polar surface area (TPSA) is 51.0 Å². The van der Waals surface area contributed by atoms with Crippen molar-refractivity contribution in [3.8, 4) is 5.69 Å². The molecule has 1 aliphatic heterocycles. The number of nitrogens with zero attached hydrogens (tertiary/aromatic N) is 4. The lowest BCUT2D eigenvalue weighted by Crippen LogP contribution is -2.35. The molecule has 0 bridgehead atoms. The molecule has 0 radical (unpaired) electrons. The Kier molecular flexibility index (Phi) is 3.75. The fraction of sp³-hybridized carbons (Fsp3) is 0.312. The molecular formula is C16H17FN4O. The molecular weight excluding hydrogens is 283 g/mol. The summed E-state index contributed by atoms with van der Waals surface area (Å²) in [6.45, 7) is 4.30. The van der Waals surface area contributed by atoms with Gasteiger partial charge in [-0.05, 0) is 44.0 Å². The number of amides is 1. The van der Waals surface area contributed by atoms with Gasteiger partial charge in [0, 0.05) is 6.54 Å². The molecule has 1 amide bonds. The van der Waals surface area contributed by atoms with Crippen LogP contribution in [0.1, 0.15) is 28.2 Å². The first-order chi connectivity index (χ1) is 10.6. The Hall–Kier alpha value is -2.50. The van der Waals surface area contributed by atoms with E-state index in [1.165, 1.54) is 11.0 Å². The highest BCUT2D eigenvalue weighted by atomic mass is 19.1. The summed E-state index contributed by atoms with van der Waals surface area (Å²) in [5, 5.41) is 8.07. The molecule has 1 aliphatic rings. The Morgan fingerprint density at radius 2 is 2.14 bits per heavy atom. The lowest BCUT2D eigenvalue weighted by atomic mass is 10.2. The molecule has 6 heteroatoms. The number of hydrogen-bond acceptors (Lipinski definition) is 3. The monoisotopic (exact) mass is 300 g/mol. The van der Waals surface area contributed by atoms with E-state index >= 15 is 0 Å². The first-order valence-electron chi connectivity index (χ1n) is 7.19. The van der Waals surface area contributed by atoms with Gasteiger partial charge in [-0.25, -0.2) is 9.07 Å². The summed E-state index contributed by atoms with van der Waals surface area (Å²) in [5.74, 6) is -0.553. The van der Waals surface area contributed by atoms with Crippen molar-refractivity contribution in [2.24, 2.45) is 0 Å². The van der Waals surface area contributed by atoms with Crippen LogP contribution in [-0.2, 0) is 0 Å². The molecule has 1 aromatic heterocycles. The Bertz CT molecular complexity index is 750. The SMILES string of the molecule is Cc1cccc(-n2nnc(C(=O)N3CCC=C(F)C3)c2C)c1. The van der Waals surface area contributed by atoms with Gasteiger partial charge in [0.25, 0.3) is 5.91 Å². The van der Waals surface area contributed by atoms with Crippen LogP contribution in [0.15, 0.2) is 36.2 Å². The molecule has 1 aromatic carbocycles. The van der Waals surface area contributed by atoms with E-state index in [4.69, 9.17) is 0 Å². The van der Waals surface area contributed by atoms with Crippen LogP contribution >= 0.6 is 0 Å². The number of rotatable bonds is 2. The number of halogens is 1. The molecule has 114 valence electrons. The Morgan fingerprint density at radius 3 is 2.86 bits per heavy atom. The molecule has 0 saturated carbocycles. The standard InChI is InChI=1S/C16H17FN4O/c1-11-5-3-7-14(9-11)21-12(2)15(18-19-21)16(22)20-8-4-6-13(17)10-20/h3,5-7,9H,4,8,10H2,1-2H3. The van der Waals surface area contributed by atoms with Gasteiger partial charge in [0.1, 0.15) is 5.83 Å². The number of carbonyl (C=O) groups is 1. The minimum absolute atomic E-state index is 0.00950. The fourth-order valence-corrected chi connectivity index (χ4v) is 2.56. The van der Waals surface area contributed by atoms with Crippen LogP contribution in [0, 0.1) is 13.8 Å². The summed E-state index contributed by atoms with van der Waals surface area (Å²) in [7, 11) is 0. The summed E-state index contributed by atoms with van der Waals surface area (Å²) >= 11 is 0. The molecule has 0 N–H and O–H groups in total. The smallest absolute Gasteiger partial charge is 0.276 e. The van der Waals surface area contributed by atoms with E-state index in [1.807, 2.05) is 31.2 Å². The maximum atomic E-state index is 13.4. The molecule has 3 rings (SSSR count). The van der Waals surface area contributed by atoms with E-state index in [9.17, 15) is 9.18 Å². The van der Waals surface area contributed by atoms with Crippen LogP contribution in [0.2, 0.25) is 0 Å². The Balaban J connectivity index is 1.90. The van der Waals surface area contributed by atoms with Crippen LogP contribution in [0.3, 0.4) is 0 Å². The predicted molar refractivity (Wildman–Crippen MR) is 80.5 cm³/mol. The van der Waals surface area contributed by atoms with E-state index in [-0.39, 0.29) is 24.0 Å². The lowest BCUT2D eigenvalue weighted by molar-refractivity contribution is 0.0748. The Labute approximate surface area is 128 Å². The van der Waals surface area contributed by atoms with Crippen LogP contribution < -0.4 is 0 Å². The second-order valence-corrected chi connectivity index (χ2v) is 5.44. The predicted octanol–water partition coefficient (Wildman–Crippen LogP) is 2.58. The van der Waals surface area contributed by atoms with Gasteiger partial charge < -0.3 is 4.90 Å². The summed E-state index contributed by atoms with van der Waals surface area (Å²) in [5.41, 5.74) is 2.89. The van der Waals surface area contributed by atoms with Crippen molar-refractivity contribution in [2.45, 2.75) is 20.3 Å². The number of aryl methyl sites for hydroxylation is 1. The van der Waals surface area contributed by atoms with Crippen molar-refractivity contribution < 1.29 is 9.18 Å². The maximum Gasteiger partial charge on any atom is 0.276 e. The van der Waals surface area contributed by atoms with Gasteiger partial charge in [-0.3, -0.25) is 4.79 Å². The third-order valence-corrected chi connectivity index (χ3v) is 3.74. The highest BCUT2D eigenvalue weighted by molar-refractivity contribution is 5.93. The van der Waals surface area contributed by atoms with Crippen LogP contribution in [-0.4, -0.2) is 38.9 Å². The molecule has 0 unspecified atom stereocenters. The summed E-state index contributed by atoms with van der Waals surface area (Å²) in [4.78, 5) is 14.0. The highest BCUT2D eigenvalue weighted by Crippen LogP contribution is 2.17. The molecule has 2 heterocycles. The molecule has 0 spiro atoms. The van der Waals surface area contributed by atoms with Crippen LogP contribution in [0.4, 0.5) is 4.39 Å². The molecule has 22 heavy (non-hydrogen) atoms. The van der Waals surface area contributed by atoms with Gasteiger partial charge in [-0.2, -0.15) is 0 Å². The van der Waals surface area contributed by atoms with Crippen LogP contribution in [0.25, 0.3) is 5.69 Å². The second kappa shape index (κ2) is 5.71. The molecule has 0 fully saturated rings. The third kappa shape index (κ3) is 2.64. The zero-order valence-corrected chi connectivity index (χ0v) is 12.6. The molecule has 2 aromatic rings. The summed E-state index contributed by atoms with van der Waals surface area (Å²) < 4.78 is 15.0. The maximum absolute atomic E-state index is 13.4. The van der Waals surface area contributed by atoms with E-state index in [1.54, 1.807) is 11.6 Å². The number of benzene rings is 1. The molecule has 5 nitrogen and oxygen atoms in total. The van der Waals surface area contributed by atoms with Gasteiger partial charge in [0.05, 0.1) is 17.9 Å². The third-order valence-electron chi connectivity index (χ3n) is 3.74. The van der Waals surface area contributed by atoms with Gasteiger partial charge in [-0.1, -0.05) is 17.3 Å². The van der Waals surface area contributed by atoms with Crippen molar-refractivity contribution in [1.82, 2.24) is 19.9 Å². The number of aromatic nitrogens is 3. The van der Waals surface area contributed by atoms with Gasteiger partial charge in [0.2, 0.25) is 0 Å². The van der Waals surface area contributed by atoms with Gasteiger partial charge in [-0.15, -0.1) is 5.10 Å². The van der Waals surface area contributed by atoms with Crippen molar-refractivity contribution in [3.05, 3.63) is 53.1 Å². The molecule has 0 atom stereocenters. The minimum Gasteiger partial charge on any atom is -0.330 e. The zero-order chi connectivity index (χ0) is 15.7. The van der Waals surface area contributed by atoms with Crippen LogP contribution in [0.5, 0.6) is 0 Å².